The summed E-state index contributed by atoms with van der Waals surface area (Å²) in [5.41, 5.74) is -0.785. The number of rotatable bonds is 2. The largest absolute Gasteiger partial charge is 0.360 e. The summed E-state index contributed by atoms with van der Waals surface area (Å²) in [6.45, 7) is 1.05. The third-order valence-electron chi connectivity index (χ3n) is 4.93. The Morgan fingerprint density at radius 1 is 1.21 bits per heavy atom. The Hall–Kier alpha value is -2.45. The van der Waals surface area contributed by atoms with Crippen molar-refractivity contribution in [1.29, 1.82) is 0 Å². The van der Waals surface area contributed by atoms with Gasteiger partial charge in [-0.15, -0.1) is 0 Å². The average Bonchev–Trinajstić information content (AvgIpc) is 2.72. The first-order chi connectivity index (χ1) is 11.3. The van der Waals surface area contributed by atoms with E-state index in [-0.39, 0.29) is 17.8 Å². The van der Waals surface area contributed by atoms with Gasteiger partial charge in [-0.2, -0.15) is 4.98 Å². The highest BCUT2D eigenvalue weighted by Gasteiger charge is 2.55. The zero-order valence-corrected chi connectivity index (χ0v) is 14.3. The summed E-state index contributed by atoms with van der Waals surface area (Å²) in [5.74, 6) is 0.0193. The van der Waals surface area contributed by atoms with Gasteiger partial charge < -0.3 is 14.7 Å². The van der Waals surface area contributed by atoms with Crippen LogP contribution in [0, 0.1) is 5.82 Å². The fourth-order valence-corrected chi connectivity index (χ4v) is 3.39. The lowest BCUT2D eigenvalue weighted by molar-refractivity contribution is -0.133. The highest BCUT2D eigenvalue weighted by Crippen LogP contribution is 2.36. The number of hydrogen-bond donors (Lipinski definition) is 0. The number of urea groups is 1. The molecule has 2 aliphatic rings. The van der Waals surface area contributed by atoms with Crippen LogP contribution in [0.1, 0.15) is 12.8 Å². The molecule has 0 bridgehead atoms. The van der Waals surface area contributed by atoms with E-state index in [9.17, 15) is 14.0 Å². The van der Waals surface area contributed by atoms with Crippen molar-refractivity contribution in [3.05, 3.63) is 12.0 Å². The fourth-order valence-electron chi connectivity index (χ4n) is 3.39. The average molecular weight is 336 g/mol. The molecule has 0 unspecified atom stereocenters. The van der Waals surface area contributed by atoms with Gasteiger partial charge in [-0.3, -0.25) is 9.69 Å². The third kappa shape index (κ3) is 2.26. The Labute approximate surface area is 139 Å². The summed E-state index contributed by atoms with van der Waals surface area (Å²) < 4.78 is 13.7. The van der Waals surface area contributed by atoms with Crippen LogP contribution in [-0.2, 0) is 4.79 Å². The molecular formula is C15H21FN6O2. The Balaban J connectivity index is 1.80. The number of amides is 3. The molecule has 2 saturated heterocycles. The maximum Gasteiger partial charge on any atom is 0.327 e. The third-order valence-corrected chi connectivity index (χ3v) is 4.93. The zero-order chi connectivity index (χ0) is 17.6. The Morgan fingerprint density at radius 3 is 2.33 bits per heavy atom. The smallest absolute Gasteiger partial charge is 0.327 e. The monoisotopic (exact) mass is 336 g/mol. The molecule has 2 fully saturated rings. The number of carbonyl (C=O) groups is 2. The summed E-state index contributed by atoms with van der Waals surface area (Å²) >= 11 is 0. The van der Waals surface area contributed by atoms with E-state index < -0.39 is 11.4 Å². The molecule has 3 heterocycles. The lowest BCUT2D eigenvalue weighted by Crippen LogP contribution is -2.55. The molecule has 0 saturated carbocycles. The van der Waals surface area contributed by atoms with Crippen molar-refractivity contribution in [2.45, 2.75) is 18.4 Å². The summed E-state index contributed by atoms with van der Waals surface area (Å²) in [7, 11) is 6.61. The van der Waals surface area contributed by atoms with Gasteiger partial charge in [0.25, 0.3) is 5.91 Å². The van der Waals surface area contributed by atoms with Crippen LogP contribution in [0.25, 0.3) is 0 Å². The SMILES string of the molecule is CN1C(=O)N(C)C2(CCN(c3ncc(F)c(N(C)C)n3)CC2)C1=O. The molecule has 3 amide bonds. The number of nitrogens with zero attached hydrogens (tertiary/aromatic N) is 6. The molecule has 3 rings (SSSR count). The molecule has 0 aromatic carbocycles. The van der Waals surface area contributed by atoms with E-state index >= 15 is 0 Å². The molecular weight excluding hydrogens is 315 g/mol. The first-order valence-corrected chi connectivity index (χ1v) is 7.78. The number of likely N-dealkylation sites (N-methyl/N-ethyl adjacent to an activating group) is 2. The molecule has 0 atom stereocenters. The number of anilines is 2. The van der Waals surface area contributed by atoms with Crippen LogP contribution in [0.2, 0.25) is 0 Å². The van der Waals surface area contributed by atoms with E-state index in [1.54, 1.807) is 26.0 Å². The number of halogens is 1. The van der Waals surface area contributed by atoms with Crippen molar-refractivity contribution >= 4 is 23.7 Å². The molecule has 9 heteroatoms. The Bertz CT molecular complexity index is 687. The van der Waals surface area contributed by atoms with Gasteiger partial charge in [-0.1, -0.05) is 0 Å². The van der Waals surface area contributed by atoms with Crippen molar-refractivity contribution in [3.8, 4) is 0 Å². The van der Waals surface area contributed by atoms with Gasteiger partial charge in [0, 0.05) is 41.3 Å². The summed E-state index contributed by atoms with van der Waals surface area (Å²) in [4.78, 5) is 39.1. The van der Waals surface area contributed by atoms with Gasteiger partial charge in [-0.05, 0) is 12.8 Å². The maximum atomic E-state index is 13.7. The van der Waals surface area contributed by atoms with E-state index in [0.29, 0.717) is 31.9 Å². The lowest BCUT2D eigenvalue weighted by Gasteiger charge is -2.40. The Kier molecular flexibility index (Phi) is 3.81. The van der Waals surface area contributed by atoms with E-state index in [2.05, 4.69) is 9.97 Å². The van der Waals surface area contributed by atoms with Crippen LogP contribution < -0.4 is 9.80 Å². The van der Waals surface area contributed by atoms with Crippen molar-refractivity contribution in [2.75, 3.05) is 51.1 Å². The summed E-state index contributed by atoms with van der Waals surface area (Å²) in [6.07, 6.45) is 2.15. The number of carbonyl (C=O) groups excluding carboxylic acids is 2. The number of aromatic nitrogens is 2. The van der Waals surface area contributed by atoms with Crippen LogP contribution in [-0.4, -0.2) is 78.5 Å². The minimum Gasteiger partial charge on any atom is -0.360 e. The fraction of sp³-hybridized carbons (Fsp3) is 0.600. The summed E-state index contributed by atoms with van der Waals surface area (Å²) in [5, 5.41) is 0. The van der Waals surface area contributed by atoms with Crippen LogP contribution in [0.5, 0.6) is 0 Å². The molecule has 24 heavy (non-hydrogen) atoms. The van der Waals surface area contributed by atoms with Crippen molar-refractivity contribution < 1.29 is 14.0 Å². The molecule has 1 aromatic heterocycles. The quantitative estimate of drug-likeness (QED) is 0.734. The molecule has 130 valence electrons. The predicted molar refractivity (Wildman–Crippen MR) is 86.4 cm³/mol. The second-order valence-electron chi connectivity index (χ2n) is 6.46. The second kappa shape index (κ2) is 5.57. The number of piperidine rings is 1. The minimum absolute atomic E-state index is 0.163. The van der Waals surface area contributed by atoms with Crippen molar-refractivity contribution in [2.24, 2.45) is 0 Å². The highest BCUT2D eigenvalue weighted by atomic mass is 19.1. The number of imide groups is 1. The topological polar surface area (TPSA) is 72.9 Å². The van der Waals surface area contributed by atoms with E-state index in [4.69, 9.17) is 0 Å². The first kappa shape index (κ1) is 16.4. The predicted octanol–water partition coefficient (Wildman–Crippen LogP) is 0.544. The number of hydrogen-bond acceptors (Lipinski definition) is 6. The van der Waals surface area contributed by atoms with E-state index in [0.717, 1.165) is 6.20 Å². The van der Waals surface area contributed by atoms with Crippen LogP contribution in [0.15, 0.2) is 6.20 Å². The molecule has 0 aliphatic carbocycles. The first-order valence-electron chi connectivity index (χ1n) is 7.78. The van der Waals surface area contributed by atoms with Gasteiger partial charge in [0.2, 0.25) is 5.95 Å². The van der Waals surface area contributed by atoms with Crippen molar-refractivity contribution in [1.82, 2.24) is 19.8 Å². The molecule has 1 aromatic rings. The Morgan fingerprint density at radius 2 is 1.83 bits per heavy atom. The summed E-state index contributed by atoms with van der Waals surface area (Å²) in [6, 6.07) is -0.277. The standard InChI is InChI=1S/C15H21FN6O2/c1-19(2)11-10(16)9-17-13(18-11)22-7-5-15(6-8-22)12(23)20(3)14(24)21(15)4/h9H,5-8H2,1-4H3. The maximum absolute atomic E-state index is 13.7. The van der Waals surface area contributed by atoms with Crippen molar-refractivity contribution in [3.63, 3.8) is 0 Å². The van der Waals surface area contributed by atoms with Crippen LogP contribution in [0.4, 0.5) is 21.0 Å². The highest BCUT2D eigenvalue weighted by molar-refractivity contribution is 6.06. The van der Waals surface area contributed by atoms with Gasteiger partial charge in [0.15, 0.2) is 11.6 Å². The molecule has 0 N–H and O–H groups in total. The molecule has 1 spiro atoms. The van der Waals surface area contributed by atoms with E-state index in [1.807, 2.05) is 4.90 Å². The van der Waals surface area contributed by atoms with Gasteiger partial charge in [0.05, 0.1) is 6.20 Å². The normalized spacial score (nSPS) is 20.3. The van der Waals surface area contributed by atoms with E-state index in [1.165, 1.54) is 16.8 Å². The molecule has 8 nitrogen and oxygen atoms in total. The van der Waals surface area contributed by atoms with Crippen LogP contribution >= 0.6 is 0 Å². The van der Waals surface area contributed by atoms with Gasteiger partial charge >= 0.3 is 6.03 Å². The lowest BCUT2D eigenvalue weighted by atomic mass is 9.86. The minimum atomic E-state index is -0.785. The van der Waals surface area contributed by atoms with Crippen LogP contribution in [0.3, 0.4) is 0 Å². The second-order valence-corrected chi connectivity index (χ2v) is 6.46. The zero-order valence-electron chi connectivity index (χ0n) is 14.3. The van der Waals surface area contributed by atoms with Gasteiger partial charge in [-0.25, -0.2) is 14.2 Å². The molecule has 0 radical (unpaired) electrons. The molecule has 2 aliphatic heterocycles. The van der Waals surface area contributed by atoms with Gasteiger partial charge in [0.1, 0.15) is 5.54 Å².